The molecule has 0 saturated heterocycles. The summed E-state index contributed by atoms with van der Waals surface area (Å²) in [4.78, 5) is 4.90. The molecule has 1 aliphatic rings. The number of H-pyrrole nitrogens is 1. The van der Waals surface area contributed by atoms with Crippen molar-refractivity contribution in [3.8, 4) is 5.75 Å². The molecule has 0 unspecified atom stereocenters. The number of ether oxygens (including phenoxy) is 2. The van der Waals surface area contributed by atoms with Crippen LogP contribution in [0.5, 0.6) is 5.75 Å². The van der Waals surface area contributed by atoms with E-state index in [0.717, 1.165) is 52.9 Å². The van der Waals surface area contributed by atoms with Crippen LogP contribution in [0.15, 0.2) is 40.7 Å². The first-order valence-electron chi connectivity index (χ1n) is 9.08. The SMILES string of the molecule is CCC1=C(Nc2ccc(OCCOC)cc2)N=c2c(CC)n[nH]c2=CC1. The van der Waals surface area contributed by atoms with Crippen LogP contribution in [-0.2, 0) is 11.2 Å². The molecule has 138 valence electrons. The molecule has 6 nitrogen and oxygen atoms in total. The first kappa shape index (κ1) is 18.2. The number of rotatable bonds is 8. The van der Waals surface area contributed by atoms with Crippen molar-refractivity contribution in [2.75, 3.05) is 25.6 Å². The van der Waals surface area contributed by atoms with Crippen LogP contribution in [0.25, 0.3) is 6.08 Å². The largest absolute Gasteiger partial charge is 0.491 e. The summed E-state index contributed by atoms with van der Waals surface area (Å²) in [6.45, 7) is 5.38. The predicted molar refractivity (Wildman–Crippen MR) is 103 cm³/mol. The number of fused-ring (bicyclic) bond motifs is 1. The van der Waals surface area contributed by atoms with E-state index < -0.39 is 0 Å². The predicted octanol–water partition coefficient (Wildman–Crippen LogP) is 2.53. The number of benzene rings is 1. The van der Waals surface area contributed by atoms with Crippen LogP contribution in [-0.4, -0.2) is 30.5 Å². The summed E-state index contributed by atoms with van der Waals surface area (Å²) in [5.74, 6) is 1.74. The lowest BCUT2D eigenvalue weighted by Crippen LogP contribution is -2.25. The summed E-state index contributed by atoms with van der Waals surface area (Å²) < 4.78 is 10.6. The van der Waals surface area contributed by atoms with Gasteiger partial charge >= 0.3 is 0 Å². The van der Waals surface area contributed by atoms with Gasteiger partial charge in [-0.2, -0.15) is 5.10 Å². The minimum atomic E-state index is 0.544. The Morgan fingerprint density at radius 1 is 1.12 bits per heavy atom. The van der Waals surface area contributed by atoms with Crippen molar-refractivity contribution in [3.63, 3.8) is 0 Å². The van der Waals surface area contributed by atoms with E-state index in [0.29, 0.717) is 13.2 Å². The maximum atomic E-state index is 5.61. The van der Waals surface area contributed by atoms with Gasteiger partial charge in [0.2, 0.25) is 0 Å². The van der Waals surface area contributed by atoms with Crippen LogP contribution in [0.1, 0.15) is 32.4 Å². The highest BCUT2D eigenvalue weighted by molar-refractivity contribution is 5.52. The fraction of sp³-hybridized carbons (Fsp3) is 0.400. The van der Waals surface area contributed by atoms with Crippen LogP contribution >= 0.6 is 0 Å². The van der Waals surface area contributed by atoms with E-state index in [9.17, 15) is 0 Å². The first-order chi connectivity index (χ1) is 12.7. The van der Waals surface area contributed by atoms with Crippen LogP contribution in [0.3, 0.4) is 0 Å². The number of aromatic nitrogens is 2. The van der Waals surface area contributed by atoms with Gasteiger partial charge in [0, 0.05) is 12.8 Å². The second-order valence-electron chi connectivity index (χ2n) is 6.10. The summed E-state index contributed by atoms with van der Waals surface area (Å²) in [7, 11) is 1.67. The van der Waals surface area contributed by atoms with E-state index in [2.05, 4.69) is 35.4 Å². The molecule has 0 radical (unpaired) electrons. The highest BCUT2D eigenvalue weighted by Crippen LogP contribution is 2.21. The lowest BCUT2D eigenvalue weighted by atomic mass is 10.1. The zero-order chi connectivity index (χ0) is 18.4. The molecule has 2 heterocycles. The zero-order valence-electron chi connectivity index (χ0n) is 15.6. The minimum Gasteiger partial charge on any atom is -0.491 e. The third kappa shape index (κ3) is 4.14. The molecule has 1 aromatic heterocycles. The first-order valence-corrected chi connectivity index (χ1v) is 9.08. The Morgan fingerprint density at radius 3 is 2.62 bits per heavy atom. The summed E-state index contributed by atoms with van der Waals surface area (Å²) in [6.07, 6.45) is 4.83. The van der Waals surface area contributed by atoms with Crippen molar-refractivity contribution in [2.24, 2.45) is 4.99 Å². The van der Waals surface area contributed by atoms with E-state index in [4.69, 9.17) is 14.5 Å². The number of hydrogen-bond acceptors (Lipinski definition) is 5. The average Bonchev–Trinajstić information content (AvgIpc) is 2.96. The zero-order valence-corrected chi connectivity index (χ0v) is 15.6. The third-order valence-corrected chi connectivity index (χ3v) is 4.39. The van der Waals surface area contributed by atoms with Crippen LogP contribution in [0.2, 0.25) is 0 Å². The summed E-state index contributed by atoms with van der Waals surface area (Å²) in [6, 6.07) is 7.91. The van der Waals surface area contributed by atoms with Gasteiger partial charge in [-0.1, -0.05) is 19.9 Å². The number of nitrogens with one attached hydrogen (secondary N) is 2. The molecule has 6 heteroatoms. The number of aryl methyl sites for hydroxylation is 1. The monoisotopic (exact) mass is 354 g/mol. The molecule has 0 saturated carbocycles. The number of methoxy groups -OCH3 is 1. The Labute approximate surface area is 153 Å². The lowest BCUT2D eigenvalue weighted by Gasteiger charge is -2.12. The van der Waals surface area contributed by atoms with Gasteiger partial charge in [0.15, 0.2) is 0 Å². The Bertz CT molecular complexity index is 882. The smallest absolute Gasteiger partial charge is 0.130 e. The molecule has 2 N–H and O–H groups in total. The molecular formula is C20H26N4O2. The Hall–Kier alpha value is -2.60. The maximum absolute atomic E-state index is 5.61. The number of hydrogen-bond donors (Lipinski definition) is 2. The molecule has 3 rings (SSSR count). The van der Waals surface area contributed by atoms with Crippen molar-refractivity contribution >= 4 is 11.8 Å². The molecule has 26 heavy (non-hydrogen) atoms. The van der Waals surface area contributed by atoms with Crippen molar-refractivity contribution < 1.29 is 9.47 Å². The topological polar surface area (TPSA) is 71.5 Å². The van der Waals surface area contributed by atoms with Gasteiger partial charge < -0.3 is 14.8 Å². The molecule has 0 atom stereocenters. The van der Waals surface area contributed by atoms with E-state index in [1.165, 1.54) is 5.57 Å². The van der Waals surface area contributed by atoms with Crippen molar-refractivity contribution in [1.29, 1.82) is 0 Å². The molecule has 1 aromatic carbocycles. The number of aromatic amines is 1. The van der Waals surface area contributed by atoms with E-state index >= 15 is 0 Å². The van der Waals surface area contributed by atoms with Gasteiger partial charge in [-0.25, -0.2) is 4.99 Å². The molecule has 0 aliphatic carbocycles. The molecule has 1 aliphatic heterocycles. The summed E-state index contributed by atoms with van der Waals surface area (Å²) in [5.41, 5.74) is 3.26. The van der Waals surface area contributed by atoms with E-state index in [1.807, 2.05) is 24.3 Å². The lowest BCUT2D eigenvalue weighted by molar-refractivity contribution is 0.146. The molecule has 0 amide bonds. The second kappa shape index (κ2) is 8.67. The number of nitrogens with zero attached hydrogens (tertiary/aromatic N) is 2. The molecule has 2 aromatic rings. The third-order valence-electron chi connectivity index (χ3n) is 4.39. The maximum Gasteiger partial charge on any atom is 0.130 e. The highest BCUT2D eigenvalue weighted by Gasteiger charge is 2.11. The summed E-state index contributed by atoms with van der Waals surface area (Å²) in [5, 5.41) is 12.9. The standard InChI is InChI=1S/C20H26N4O2/c1-4-14-6-11-18-19(17(5-2)23-24-18)22-20(14)21-15-7-9-16(10-8-15)26-13-12-25-3/h7-11,21,24H,4-6,12-13H2,1-3H3. The average molecular weight is 354 g/mol. The number of allylic oxidation sites excluding steroid dienone is 1. The second-order valence-corrected chi connectivity index (χ2v) is 6.10. The van der Waals surface area contributed by atoms with Gasteiger partial charge in [-0.3, -0.25) is 5.10 Å². The highest BCUT2D eigenvalue weighted by atomic mass is 16.5. The molecule has 0 spiro atoms. The van der Waals surface area contributed by atoms with Crippen LogP contribution < -0.4 is 20.8 Å². The molecular weight excluding hydrogens is 328 g/mol. The van der Waals surface area contributed by atoms with Crippen molar-refractivity contribution in [3.05, 3.63) is 52.1 Å². The summed E-state index contributed by atoms with van der Waals surface area (Å²) >= 11 is 0. The Balaban J connectivity index is 1.83. The van der Waals surface area contributed by atoms with Gasteiger partial charge in [-0.15, -0.1) is 0 Å². The van der Waals surface area contributed by atoms with Crippen LogP contribution in [0.4, 0.5) is 5.69 Å². The number of anilines is 1. The van der Waals surface area contributed by atoms with Crippen LogP contribution in [0, 0.1) is 0 Å². The fourth-order valence-corrected chi connectivity index (χ4v) is 2.86. The fourth-order valence-electron chi connectivity index (χ4n) is 2.86. The van der Waals surface area contributed by atoms with E-state index in [-0.39, 0.29) is 0 Å². The van der Waals surface area contributed by atoms with E-state index in [1.54, 1.807) is 7.11 Å². The molecule has 0 bridgehead atoms. The van der Waals surface area contributed by atoms with Crippen molar-refractivity contribution in [1.82, 2.24) is 10.2 Å². The molecule has 0 fully saturated rings. The normalized spacial score (nSPS) is 13.5. The van der Waals surface area contributed by atoms with Gasteiger partial charge in [0.05, 0.1) is 17.6 Å². The quantitative estimate of drug-likeness (QED) is 0.715. The Morgan fingerprint density at radius 2 is 1.92 bits per heavy atom. The van der Waals surface area contributed by atoms with Gasteiger partial charge in [-0.05, 0) is 49.1 Å². The minimum absolute atomic E-state index is 0.544. The van der Waals surface area contributed by atoms with Crippen molar-refractivity contribution in [2.45, 2.75) is 33.1 Å². The van der Waals surface area contributed by atoms with Gasteiger partial charge in [0.1, 0.15) is 23.5 Å². The van der Waals surface area contributed by atoms with Gasteiger partial charge in [0.25, 0.3) is 0 Å². The Kier molecular flexibility index (Phi) is 6.07.